The van der Waals surface area contributed by atoms with Gasteiger partial charge in [0.1, 0.15) is 0 Å². The fraction of sp³-hybridized carbons (Fsp3) is 0.842. The van der Waals surface area contributed by atoms with E-state index in [-0.39, 0.29) is 6.42 Å². The minimum atomic E-state index is -0.691. The molecule has 0 radical (unpaired) electrons. The Morgan fingerprint density at radius 2 is 1.91 bits per heavy atom. The van der Waals surface area contributed by atoms with E-state index >= 15 is 0 Å². The number of thioether (sulfide) groups is 1. The van der Waals surface area contributed by atoms with Crippen LogP contribution in [0.25, 0.3) is 0 Å². The van der Waals surface area contributed by atoms with Crippen LogP contribution in [-0.2, 0) is 9.53 Å². The number of ether oxygens (including phenoxy) is 1. The molecule has 23 heavy (non-hydrogen) atoms. The van der Waals surface area contributed by atoms with Crippen LogP contribution < -0.4 is 0 Å². The van der Waals surface area contributed by atoms with Crippen molar-refractivity contribution in [1.29, 1.82) is 0 Å². The van der Waals surface area contributed by atoms with Gasteiger partial charge in [0.15, 0.2) is 0 Å². The summed E-state index contributed by atoms with van der Waals surface area (Å²) in [5.74, 6) is 3.45. The maximum absolute atomic E-state index is 10.5. The van der Waals surface area contributed by atoms with Crippen molar-refractivity contribution in [3.8, 4) is 0 Å². The van der Waals surface area contributed by atoms with Crippen LogP contribution >= 0.6 is 11.8 Å². The zero-order valence-corrected chi connectivity index (χ0v) is 15.1. The number of allylic oxidation sites excluding steroid dienone is 2. The van der Waals surface area contributed by atoms with Crippen LogP contribution in [0.5, 0.6) is 0 Å². The lowest BCUT2D eigenvalue weighted by Gasteiger charge is -2.23. The van der Waals surface area contributed by atoms with Crippen molar-refractivity contribution in [2.45, 2.75) is 70.3 Å². The molecule has 1 aliphatic carbocycles. The molecule has 2 fully saturated rings. The van der Waals surface area contributed by atoms with Gasteiger partial charge in [-0.3, -0.25) is 4.79 Å². The van der Waals surface area contributed by atoms with Crippen LogP contribution in [0.15, 0.2) is 12.2 Å². The number of carboxylic acids is 1. The summed E-state index contributed by atoms with van der Waals surface area (Å²) in [6.07, 6.45) is 15.9. The topological polar surface area (TPSA) is 46.5 Å². The van der Waals surface area contributed by atoms with Gasteiger partial charge in [0.25, 0.3) is 0 Å². The van der Waals surface area contributed by atoms with E-state index in [1.165, 1.54) is 50.0 Å². The zero-order chi connectivity index (χ0) is 16.3. The van der Waals surface area contributed by atoms with E-state index in [4.69, 9.17) is 9.84 Å². The highest BCUT2D eigenvalue weighted by atomic mass is 32.2. The summed E-state index contributed by atoms with van der Waals surface area (Å²) in [5.41, 5.74) is 0. The fourth-order valence-electron chi connectivity index (χ4n) is 3.60. The molecule has 0 aromatic carbocycles. The number of hydrogen-bond donors (Lipinski definition) is 1. The molecule has 0 bridgehead atoms. The molecule has 0 aromatic rings. The van der Waals surface area contributed by atoms with E-state index in [1.807, 2.05) is 0 Å². The molecule has 1 saturated carbocycles. The van der Waals surface area contributed by atoms with Crippen molar-refractivity contribution in [2.24, 2.45) is 11.8 Å². The fourth-order valence-corrected chi connectivity index (χ4v) is 5.19. The summed E-state index contributed by atoms with van der Waals surface area (Å²) in [7, 11) is 0. The largest absolute Gasteiger partial charge is 0.481 e. The van der Waals surface area contributed by atoms with Crippen LogP contribution in [-0.4, -0.2) is 35.3 Å². The number of carbonyl (C=O) groups is 1. The molecule has 0 aromatic heterocycles. The maximum atomic E-state index is 10.5. The first-order valence-electron chi connectivity index (χ1n) is 9.32. The molecule has 1 heterocycles. The molecular weight excluding hydrogens is 308 g/mol. The lowest BCUT2D eigenvalue weighted by Crippen LogP contribution is -2.20. The molecule has 1 aliphatic heterocycles. The van der Waals surface area contributed by atoms with Gasteiger partial charge in [-0.15, -0.1) is 0 Å². The van der Waals surface area contributed by atoms with Crippen LogP contribution in [0.1, 0.15) is 64.2 Å². The van der Waals surface area contributed by atoms with Gasteiger partial charge < -0.3 is 9.84 Å². The first-order chi connectivity index (χ1) is 11.3. The molecule has 2 aliphatic rings. The highest BCUT2D eigenvalue weighted by Crippen LogP contribution is 2.35. The Morgan fingerprint density at radius 3 is 2.70 bits per heavy atom. The molecule has 3 nitrogen and oxygen atoms in total. The van der Waals surface area contributed by atoms with Gasteiger partial charge in [0.05, 0.1) is 6.10 Å². The molecule has 1 N–H and O–H groups in total. The molecule has 1 saturated heterocycles. The monoisotopic (exact) mass is 340 g/mol. The van der Waals surface area contributed by atoms with Crippen LogP contribution in [0.4, 0.5) is 0 Å². The van der Waals surface area contributed by atoms with Gasteiger partial charge in [-0.1, -0.05) is 31.4 Å². The van der Waals surface area contributed by atoms with Crippen molar-refractivity contribution in [3.63, 3.8) is 0 Å². The smallest absolute Gasteiger partial charge is 0.303 e. The van der Waals surface area contributed by atoms with Gasteiger partial charge in [0.2, 0.25) is 0 Å². The minimum absolute atomic E-state index is 0.282. The number of carboxylic acid groups (broad SMARTS) is 1. The summed E-state index contributed by atoms with van der Waals surface area (Å²) in [5, 5.41) is 8.62. The van der Waals surface area contributed by atoms with E-state index in [2.05, 4.69) is 23.9 Å². The second-order valence-electron chi connectivity index (χ2n) is 6.97. The van der Waals surface area contributed by atoms with E-state index in [0.29, 0.717) is 6.10 Å². The van der Waals surface area contributed by atoms with Gasteiger partial charge in [-0.05, 0) is 61.9 Å². The first-order valence-corrected chi connectivity index (χ1v) is 10.5. The summed E-state index contributed by atoms with van der Waals surface area (Å²) >= 11 is 2.08. The summed E-state index contributed by atoms with van der Waals surface area (Å²) < 4.78 is 6.09. The van der Waals surface area contributed by atoms with Crippen LogP contribution in [0.3, 0.4) is 0 Å². The second-order valence-corrected chi connectivity index (χ2v) is 8.05. The van der Waals surface area contributed by atoms with Crippen molar-refractivity contribution in [1.82, 2.24) is 0 Å². The standard InChI is InChI=1S/C19H32O3S/c20-19(21)11-7-2-1-4-8-16-14-23-15-17(16)12-13-22-18-9-5-3-6-10-18/h1,4,16-18H,2-3,5-15H2,(H,20,21)/t16-,17+/m0/s1. The molecule has 132 valence electrons. The van der Waals surface area contributed by atoms with Gasteiger partial charge in [-0.2, -0.15) is 11.8 Å². The zero-order valence-electron chi connectivity index (χ0n) is 14.3. The van der Waals surface area contributed by atoms with E-state index in [0.717, 1.165) is 37.7 Å². The third kappa shape index (κ3) is 7.75. The number of aliphatic carboxylic acids is 1. The molecular formula is C19H32O3S. The van der Waals surface area contributed by atoms with Crippen molar-refractivity contribution in [2.75, 3.05) is 18.1 Å². The predicted octanol–water partition coefficient (Wildman–Crippen LogP) is 4.91. The molecule has 2 rings (SSSR count). The lowest BCUT2D eigenvalue weighted by atomic mass is 9.90. The van der Waals surface area contributed by atoms with Crippen molar-refractivity contribution in [3.05, 3.63) is 12.2 Å². The number of hydrogen-bond acceptors (Lipinski definition) is 3. The molecule has 0 amide bonds. The van der Waals surface area contributed by atoms with E-state index in [9.17, 15) is 4.79 Å². The summed E-state index contributed by atoms with van der Waals surface area (Å²) in [4.78, 5) is 10.5. The Hall–Kier alpha value is -0.480. The molecule has 0 spiro atoms. The van der Waals surface area contributed by atoms with Gasteiger partial charge in [0, 0.05) is 13.0 Å². The molecule has 2 atom stereocenters. The summed E-state index contributed by atoms with van der Waals surface area (Å²) in [6.45, 7) is 0.939. The molecule has 0 unspecified atom stereocenters. The van der Waals surface area contributed by atoms with Crippen molar-refractivity contribution < 1.29 is 14.6 Å². The first kappa shape index (κ1) is 18.9. The highest BCUT2D eigenvalue weighted by molar-refractivity contribution is 7.99. The number of unbranched alkanes of at least 4 members (excludes halogenated alkanes) is 1. The Labute approximate surface area is 145 Å². The Balaban J connectivity index is 1.56. The van der Waals surface area contributed by atoms with E-state index in [1.54, 1.807) is 0 Å². The van der Waals surface area contributed by atoms with Gasteiger partial charge >= 0.3 is 5.97 Å². The number of rotatable bonds is 10. The third-order valence-electron chi connectivity index (χ3n) is 5.09. The lowest BCUT2D eigenvalue weighted by molar-refractivity contribution is -0.137. The van der Waals surface area contributed by atoms with E-state index < -0.39 is 5.97 Å². The van der Waals surface area contributed by atoms with Crippen molar-refractivity contribution >= 4 is 17.7 Å². The minimum Gasteiger partial charge on any atom is -0.481 e. The third-order valence-corrected chi connectivity index (χ3v) is 6.42. The Morgan fingerprint density at radius 1 is 1.13 bits per heavy atom. The maximum Gasteiger partial charge on any atom is 0.303 e. The molecule has 4 heteroatoms. The Bertz CT molecular complexity index is 364. The van der Waals surface area contributed by atoms with Gasteiger partial charge in [-0.25, -0.2) is 0 Å². The average Bonchev–Trinajstić information content (AvgIpc) is 2.99. The summed E-state index contributed by atoms with van der Waals surface area (Å²) in [6, 6.07) is 0. The Kier molecular flexibility index (Phi) is 9.13. The SMILES string of the molecule is O=C(O)CCCC=CC[C@H]1CSC[C@H]1CCOC1CCCCC1. The average molecular weight is 341 g/mol. The predicted molar refractivity (Wildman–Crippen MR) is 97.0 cm³/mol. The second kappa shape index (κ2) is 11.1. The van der Waals surface area contributed by atoms with Crippen LogP contribution in [0, 0.1) is 11.8 Å². The highest BCUT2D eigenvalue weighted by Gasteiger charge is 2.26. The normalized spacial score (nSPS) is 26.1. The quantitative estimate of drug-likeness (QED) is 0.453. The van der Waals surface area contributed by atoms with Crippen LogP contribution in [0.2, 0.25) is 0 Å².